The highest BCUT2D eigenvalue weighted by atomic mass is 16.2. The molecule has 1 aliphatic rings. The predicted octanol–water partition coefficient (Wildman–Crippen LogP) is 1.67. The minimum absolute atomic E-state index is 0.217. The topological polar surface area (TPSA) is 26.8 Å². The Morgan fingerprint density at radius 1 is 1.24 bits per heavy atom. The van der Waals surface area contributed by atoms with Crippen LogP contribution in [0.3, 0.4) is 0 Å². The first-order valence-electron chi connectivity index (χ1n) is 7.76. The number of amides is 1. The molecule has 4 nitrogen and oxygen atoms in total. The van der Waals surface area contributed by atoms with Crippen molar-refractivity contribution in [2.45, 2.75) is 25.9 Å². The van der Waals surface area contributed by atoms with Crippen molar-refractivity contribution in [2.24, 2.45) is 0 Å². The van der Waals surface area contributed by atoms with Gasteiger partial charge in [-0.15, -0.1) is 0 Å². The molecule has 1 heterocycles. The zero-order chi connectivity index (χ0) is 15.2. The van der Waals surface area contributed by atoms with E-state index in [-0.39, 0.29) is 5.91 Å². The highest BCUT2D eigenvalue weighted by molar-refractivity contribution is 5.75. The molecule has 0 aliphatic carbocycles. The summed E-state index contributed by atoms with van der Waals surface area (Å²) in [5.41, 5.74) is 1.38. The SMILES string of the molecule is C[C@H]1CN(Cc2ccccc2)CCN1CCC(=O)N(C)C. The van der Waals surface area contributed by atoms with Gasteiger partial charge in [-0.25, -0.2) is 0 Å². The molecule has 4 heteroatoms. The molecule has 1 aromatic carbocycles. The Hall–Kier alpha value is -1.39. The van der Waals surface area contributed by atoms with Crippen molar-refractivity contribution in [3.05, 3.63) is 35.9 Å². The monoisotopic (exact) mass is 289 g/mol. The quantitative estimate of drug-likeness (QED) is 0.825. The first-order chi connectivity index (χ1) is 10.1. The summed E-state index contributed by atoms with van der Waals surface area (Å²) in [6, 6.07) is 11.1. The van der Waals surface area contributed by atoms with Crippen molar-refractivity contribution >= 4 is 5.91 Å². The highest BCUT2D eigenvalue weighted by Gasteiger charge is 2.23. The molecule has 0 N–H and O–H groups in total. The van der Waals surface area contributed by atoms with Gasteiger partial charge in [-0.3, -0.25) is 14.6 Å². The van der Waals surface area contributed by atoms with Crippen LogP contribution in [0.2, 0.25) is 0 Å². The third-order valence-corrected chi connectivity index (χ3v) is 4.21. The van der Waals surface area contributed by atoms with Crippen LogP contribution < -0.4 is 0 Å². The molecular weight excluding hydrogens is 262 g/mol. The van der Waals surface area contributed by atoms with E-state index in [9.17, 15) is 4.79 Å². The fraction of sp³-hybridized carbons (Fsp3) is 0.588. The van der Waals surface area contributed by atoms with Gasteiger partial charge in [0.05, 0.1) is 0 Å². The summed E-state index contributed by atoms with van der Waals surface area (Å²) in [4.78, 5) is 18.3. The van der Waals surface area contributed by atoms with Crippen LogP contribution in [0.4, 0.5) is 0 Å². The molecule has 1 saturated heterocycles. The Labute approximate surface area is 128 Å². The molecule has 2 rings (SSSR count). The molecule has 0 saturated carbocycles. The average molecular weight is 289 g/mol. The maximum atomic E-state index is 11.7. The minimum Gasteiger partial charge on any atom is -0.349 e. The number of hydrogen-bond donors (Lipinski definition) is 0. The van der Waals surface area contributed by atoms with E-state index in [0.717, 1.165) is 32.7 Å². The molecule has 1 aromatic rings. The van der Waals surface area contributed by atoms with E-state index in [1.165, 1.54) is 5.56 Å². The summed E-state index contributed by atoms with van der Waals surface area (Å²) in [5.74, 6) is 0.217. The molecule has 1 amide bonds. The van der Waals surface area contributed by atoms with Crippen molar-refractivity contribution in [3.8, 4) is 0 Å². The van der Waals surface area contributed by atoms with Gasteiger partial charge >= 0.3 is 0 Å². The maximum Gasteiger partial charge on any atom is 0.223 e. The van der Waals surface area contributed by atoms with Crippen LogP contribution in [0.15, 0.2) is 30.3 Å². The predicted molar refractivity (Wildman–Crippen MR) is 86.1 cm³/mol. The number of carbonyl (C=O) groups excluding carboxylic acids is 1. The normalized spacial score (nSPS) is 20.4. The summed E-state index contributed by atoms with van der Waals surface area (Å²) in [7, 11) is 3.65. The Kier molecular flexibility index (Phi) is 5.76. The zero-order valence-electron chi connectivity index (χ0n) is 13.5. The van der Waals surface area contributed by atoms with E-state index in [1.54, 1.807) is 4.90 Å². The van der Waals surface area contributed by atoms with Crippen molar-refractivity contribution in [3.63, 3.8) is 0 Å². The highest BCUT2D eigenvalue weighted by Crippen LogP contribution is 2.13. The molecule has 0 spiro atoms. The van der Waals surface area contributed by atoms with Crippen LogP contribution >= 0.6 is 0 Å². The number of carbonyl (C=O) groups is 1. The van der Waals surface area contributed by atoms with Crippen molar-refractivity contribution in [1.82, 2.24) is 14.7 Å². The second-order valence-electron chi connectivity index (χ2n) is 6.14. The summed E-state index contributed by atoms with van der Waals surface area (Å²) in [5, 5.41) is 0. The number of piperazine rings is 1. The number of hydrogen-bond acceptors (Lipinski definition) is 3. The molecule has 0 aromatic heterocycles. The maximum absolute atomic E-state index is 11.7. The Morgan fingerprint density at radius 2 is 1.95 bits per heavy atom. The molecular formula is C17H27N3O. The van der Waals surface area contributed by atoms with Gasteiger partial charge in [-0.2, -0.15) is 0 Å². The molecule has 0 radical (unpaired) electrons. The molecule has 1 aliphatic heterocycles. The van der Waals surface area contributed by atoms with Crippen molar-refractivity contribution in [1.29, 1.82) is 0 Å². The van der Waals surface area contributed by atoms with Crippen LogP contribution in [0, 0.1) is 0 Å². The molecule has 0 bridgehead atoms. The van der Waals surface area contributed by atoms with Crippen LogP contribution in [-0.2, 0) is 11.3 Å². The van der Waals surface area contributed by atoms with Gasteiger partial charge in [0.15, 0.2) is 0 Å². The largest absolute Gasteiger partial charge is 0.349 e. The number of nitrogens with zero attached hydrogens (tertiary/aromatic N) is 3. The van der Waals surface area contributed by atoms with Crippen LogP contribution in [0.5, 0.6) is 0 Å². The van der Waals surface area contributed by atoms with Crippen molar-refractivity contribution < 1.29 is 4.79 Å². The van der Waals surface area contributed by atoms with Gasteiger partial charge in [-0.05, 0) is 12.5 Å². The van der Waals surface area contributed by atoms with E-state index in [4.69, 9.17) is 0 Å². The lowest BCUT2D eigenvalue weighted by Crippen LogP contribution is -2.52. The minimum atomic E-state index is 0.217. The summed E-state index contributed by atoms with van der Waals surface area (Å²) < 4.78 is 0. The fourth-order valence-electron chi connectivity index (χ4n) is 2.85. The first kappa shape index (κ1) is 16.0. The lowest BCUT2D eigenvalue weighted by Gasteiger charge is -2.40. The van der Waals surface area contributed by atoms with Gasteiger partial charge in [-0.1, -0.05) is 30.3 Å². The van der Waals surface area contributed by atoms with E-state index in [1.807, 2.05) is 14.1 Å². The lowest BCUT2D eigenvalue weighted by atomic mass is 10.1. The van der Waals surface area contributed by atoms with Gasteiger partial charge in [0.25, 0.3) is 0 Å². The molecule has 1 fully saturated rings. The van der Waals surface area contributed by atoms with Crippen LogP contribution in [0.1, 0.15) is 18.9 Å². The Balaban J connectivity index is 1.78. The number of benzene rings is 1. The summed E-state index contributed by atoms with van der Waals surface area (Å²) in [6.07, 6.45) is 0.621. The Morgan fingerprint density at radius 3 is 2.57 bits per heavy atom. The molecule has 21 heavy (non-hydrogen) atoms. The third kappa shape index (κ3) is 4.83. The Bertz CT molecular complexity index is 447. The van der Waals surface area contributed by atoms with Crippen LogP contribution in [-0.4, -0.2) is 66.9 Å². The fourth-order valence-corrected chi connectivity index (χ4v) is 2.85. The standard InChI is InChI=1S/C17H27N3O/c1-15-13-19(14-16-7-5-4-6-8-16)11-12-20(15)10-9-17(21)18(2)3/h4-8,15H,9-14H2,1-3H3/t15-/m0/s1. The molecule has 0 unspecified atom stereocenters. The molecule has 1 atom stereocenters. The smallest absolute Gasteiger partial charge is 0.223 e. The van der Waals surface area contributed by atoms with Gasteiger partial charge < -0.3 is 4.90 Å². The van der Waals surface area contributed by atoms with Gasteiger partial charge in [0.2, 0.25) is 5.91 Å². The second kappa shape index (κ2) is 7.57. The van der Waals surface area contributed by atoms with Crippen LogP contribution in [0.25, 0.3) is 0 Å². The zero-order valence-corrected chi connectivity index (χ0v) is 13.5. The van der Waals surface area contributed by atoms with E-state index in [0.29, 0.717) is 12.5 Å². The van der Waals surface area contributed by atoms with E-state index in [2.05, 4.69) is 47.1 Å². The van der Waals surface area contributed by atoms with Crippen molar-refractivity contribution in [2.75, 3.05) is 40.3 Å². The summed E-state index contributed by atoms with van der Waals surface area (Å²) in [6.45, 7) is 7.36. The third-order valence-electron chi connectivity index (χ3n) is 4.21. The van der Waals surface area contributed by atoms with E-state index >= 15 is 0 Å². The van der Waals surface area contributed by atoms with Gasteiger partial charge in [0, 0.05) is 59.3 Å². The summed E-state index contributed by atoms with van der Waals surface area (Å²) >= 11 is 0. The van der Waals surface area contributed by atoms with Gasteiger partial charge in [0.1, 0.15) is 0 Å². The average Bonchev–Trinajstić information content (AvgIpc) is 2.47. The number of rotatable bonds is 5. The lowest BCUT2D eigenvalue weighted by molar-refractivity contribution is -0.129. The van der Waals surface area contributed by atoms with E-state index < -0.39 is 0 Å². The first-order valence-corrected chi connectivity index (χ1v) is 7.76. The molecule has 116 valence electrons. The second-order valence-corrected chi connectivity index (χ2v) is 6.14.